The third kappa shape index (κ3) is 2.21. The number of nitrogens with two attached hydrogens (primary N) is 1. The number of benzene rings is 1. The van der Waals surface area contributed by atoms with Crippen LogP contribution in [0, 0.1) is 0 Å². The van der Waals surface area contributed by atoms with Crippen LogP contribution in [0.15, 0.2) is 18.2 Å². The largest absolute Gasteiger partial charge is 0.495 e. The molecule has 3 N–H and O–H groups in total. The summed E-state index contributed by atoms with van der Waals surface area (Å²) in [6.07, 6.45) is 2.34. The fourth-order valence-electron chi connectivity index (χ4n) is 1.42. The Labute approximate surface area is 88.4 Å². The van der Waals surface area contributed by atoms with Gasteiger partial charge in [-0.2, -0.15) is 0 Å². The molecular weight excluding hydrogens is 192 g/mol. The normalized spacial score (nSPS) is 14.7. The molecule has 0 spiro atoms. The molecule has 15 heavy (non-hydrogen) atoms. The average Bonchev–Trinajstić information content (AvgIpc) is 3.01. The summed E-state index contributed by atoms with van der Waals surface area (Å²) in [5.41, 5.74) is 6.56. The van der Waals surface area contributed by atoms with Crippen LogP contribution in [0.25, 0.3) is 0 Å². The van der Waals surface area contributed by atoms with E-state index >= 15 is 0 Å². The first-order chi connectivity index (χ1) is 7.20. The molecule has 1 aliphatic rings. The minimum atomic E-state index is -0.420. The first kappa shape index (κ1) is 9.83. The molecule has 2 rings (SSSR count). The van der Waals surface area contributed by atoms with Crippen molar-refractivity contribution in [3.63, 3.8) is 0 Å². The van der Waals surface area contributed by atoms with E-state index in [1.165, 1.54) is 12.8 Å². The molecule has 0 aromatic heterocycles. The average molecular weight is 206 g/mol. The lowest BCUT2D eigenvalue weighted by molar-refractivity contribution is 0.100. The number of hydrogen-bond donors (Lipinski definition) is 2. The SMILES string of the molecule is COc1ccc(C(N)=O)cc1NC1CC1. The summed E-state index contributed by atoms with van der Waals surface area (Å²) in [5, 5.41) is 3.30. The van der Waals surface area contributed by atoms with Crippen molar-refractivity contribution in [2.24, 2.45) is 5.73 Å². The third-order valence-electron chi connectivity index (χ3n) is 2.42. The highest BCUT2D eigenvalue weighted by atomic mass is 16.5. The first-order valence-electron chi connectivity index (χ1n) is 4.95. The molecule has 0 unspecified atom stereocenters. The van der Waals surface area contributed by atoms with Gasteiger partial charge in [0.05, 0.1) is 12.8 Å². The number of rotatable bonds is 4. The summed E-state index contributed by atoms with van der Waals surface area (Å²) in [5.74, 6) is 0.323. The Morgan fingerprint density at radius 2 is 2.27 bits per heavy atom. The lowest BCUT2D eigenvalue weighted by Gasteiger charge is -2.11. The zero-order chi connectivity index (χ0) is 10.8. The number of methoxy groups -OCH3 is 1. The molecule has 0 saturated heterocycles. The van der Waals surface area contributed by atoms with Gasteiger partial charge < -0.3 is 15.8 Å². The van der Waals surface area contributed by atoms with Gasteiger partial charge in [0.25, 0.3) is 0 Å². The molecule has 1 aliphatic carbocycles. The Bertz CT molecular complexity index is 386. The molecule has 0 atom stereocenters. The highest BCUT2D eigenvalue weighted by Crippen LogP contribution is 2.31. The van der Waals surface area contributed by atoms with E-state index in [-0.39, 0.29) is 0 Å². The molecule has 4 nitrogen and oxygen atoms in total. The number of anilines is 1. The van der Waals surface area contributed by atoms with E-state index in [1.807, 2.05) is 0 Å². The summed E-state index contributed by atoms with van der Waals surface area (Å²) in [4.78, 5) is 11.0. The smallest absolute Gasteiger partial charge is 0.248 e. The Kier molecular flexibility index (Phi) is 2.49. The van der Waals surface area contributed by atoms with Gasteiger partial charge in [-0.3, -0.25) is 4.79 Å². The van der Waals surface area contributed by atoms with Gasteiger partial charge in [0, 0.05) is 11.6 Å². The molecule has 0 radical (unpaired) electrons. The van der Waals surface area contributed by atoms with E-state index in [1.54, 1.807) is 25.3 Å². The summed E-state index contributed by atoms with van der Waals surface area (Å²) in [6.45, 7) is 0. The van der Waals surface area contributed by atoms with Crippen LogP contribution in [-0.2, 0) is 0 Å². The minimum absolute atomic E-state index is 0.420. The maximum absolute atomic E-state index is 11.0. The lowest BCUT2D eigenvalue weighted by atomic mass is 10.1. The molecular formula is C11H14N2O2. The van der Waals surface area contributed by atoms with Crippen molar-refractivity contribution in [2.75, 3.05) is 12.4 Å². The van der Waals surface area contributed by atoms with Gasteiger partial charge in [0.15, 0.2) is 0 Å². The second kappa shape index (κ2) is 3.81. The molecule has 1 aromatic rings. The Morgan fingerprint density at radius 1 is 1.53 bits per heavy atom. The molecule has 0 aliphatic heterocycles. The maximum atomic E-state index is 11.0. The number of nitrogens with one attached hydrogen (secondary N) is 1. The lowest BCUT2D eigenvalue weighted by Crippen LogP contribution is -2.12. The molecule has 0 bridgehead atoms. The number of hydrogen-bond acceptors (Lipinski definition) is 3. The summed E-state index contributed by atoms with van der Waals surface area (Å²) in [6, 6.07) is 5.67. The van der Waals surface area contributed by atoms with E-state index in [0.717, 1.165) is 11.4 Å². The topological polar surface area (TPSA) is 64.3 Å². The van der Waals surface area contributed by atoms with Crippen molar-refractivity contribution in [1.29, 1.82) is 0 Å². The summed E-state index contributed by atoms with van der Waals surface area (Å²) < 4.78 is 5.19. The standard InChI is InChI=1S/C11H14N2O2/c1-15-10-5-2-7(11(12)14)6-9(10)13-8-3-4-8/h2,5-6,8,13H,3-4H2,1H3,(H2,12,14). The van der Waals surface area contributed by atoms with Crippen molar-refractivity contribution in [3.8, 4) is 5.75 Å². The number of carbonyl (C=O) groups excluding carboxylic acids is 1. The second-order valence-electron chi connectivity index (χ2n) is 3.70. The van der Waals surface area contributed by atoms with Crippen LogP contribution in [0.4, 0.5) is 5.69 Å². The van der Waals surface area contributed by atoms with Gasteiger partial charge in [0.1, 0.15) is 5.75 Å². The zero-order valence-electron chi connectivity index (χ0n) is 8.62. The third-order valence-corrected chi connectivity index (χ3v) is 2.42. The molecule has 4 heteroatoms. The van der Waals surface area contributed by atoms with E-state index in [2.05, 4.69) is 5.32 Å². The predicted octanol–water partition coefficient (Wildman–Crippen LogP) is 1.37. The number of carbonyl (C=O) groups is 1. The van der Waals surface area contributed by atoms with Crippen molar-refractivity contribution >= 4 is 11.6 Å². The molecule has 0 heterocycles. The molecule has 1 saturated carbocycles. The number of amides is 1. The number of ether oxygens (including phenoxy) is 1. The minimum Gasteiger partial charge on any atom is -0.495 e. The molecule has 1 amide bonds. The Balaban J connectivity index is 2.28. The monoisotopic (exact) mass is 206 g/mol. The summed E-state index contributed by atoms with van der Waals surface area (Å²) >= 11 is 0. The van der Waals surface area contributed by atoms with Crippen LogP contribution in [0.5, 0.6) is 5.75 Å². The van der Waals surface area contributed by atoms with Gasteiger partial charge in [-0.1, -0.05) is 0 Å². The highest BCUT2D eigenvalue weighted by molar-refractivity contribution is 5.94. The number of primary amides is 1. The van der Waals surface area contributed by atoms with Crippen LogP contribution in [0.2, 0.25) is 0 Å². The van der Waals surface area contributed by atoms with Crippen LogP contribution in [0.3, 0.4) is 0 Å². The zero-order valence-corrected chi connectivity index (χ0v) is 8.62. The van der Waals surface area contributed by atoms with E-state index in [4.69, 9.17) is 10.5 Å². The molecule has 1 fully saturated rings. The van der Waals surface area contributed by atoms with Crippen LogP contribution < -0.4 is 15.8 Å². The fourth-order valence-corrected chi connectivity index (χ4v) is 1.42. The van der Waals surface area contributed by atoms with Crippen LogP contribution in [-0.4, -0.2) is 19.1 Å². The molecule has 80 valence electrons. The van der Waals surface area contributed by atoms with Crippen LogP contribution in [0.1, 0.15) is 23.2 Å². The van der Waals surface area contributed by atoms with Gasteiger partial charge in [-0.25, -0.2) is 0 Å². The van der Waals surface area contributed by atoms with Gasteiger partial charge in [-0.05, 0) is 31.0 Å². The predicted molar refractivity (Wildman–Crippen MR) is 58.2 cm³/mol. The van der Waals surface area contributed by atoms with E-state index < -0.39 is 5.91 Å². The summed E-state index contributed by atoms with van der Waals surface area (Å²) in [7, 11) is 1.61. The van der Waals surface area contributed by atoms with Gasteiger partial charge >= 0.3 is 0 Å². The van der Waals surface area contributed by atoms with Crippen molar-refractivity contribution < 1.29 is 9.53 Å². The maximum Gasteiger partial charge on any atom is 0.248 e. The Hall–Kier alpha value is -1.71. The highest BCUT2D eigenvalue weighted by Gasteiger charge is 2.22. The van der Waals surface area contributed by atoms with E-state index in [9.17, 15) is 4.79 Å². The van der Waals surface area contributed by atoms with Crippen LogP contribution >= 0.6 is 0 Å². The second-order valence-corrected chi connectivity index (χ2v) is 3.70. The van der Waals surface area contributed by atoms with Crippen molar-refractivity contribution in [3.05, 3.63) is 23.8 Å². The fraction of sp³-hybridized carbons (Fsp3) is 0.364. The van der Waals surface area contributed by atoms with E-state index in [0.29, 0.717) is 11.6 Å². The first-order valence-corrected chi connectivity index (χ1v) is 4.95. The van der Waals surface area contributed by atoms with Gasteiger partial charge in [0.2, 0.25) is 5.91 Å². The quantitative estimate of drug-likeness (QED) is 0.782. The van der Waals surface area contributed by atoms with Crippen molar-refractivity contribution in [2.45, 2.75) is 18.9 Å². The molecule has 1 aromatic carbocycles. The van der Waals surface area contributed by atoms with Crippen molar-refractivity contribution in [1.82, 2.24) is 0 Å². The van der Waals surface area contributed by atoms with Gasteiger partial charge in [-0.15, -0.1) is 0 Å². The Morgan fingerprint density at radius 3 is 2.80 bits per heavy atom.